The Kier molecular flexibility index (Phi) is 11.0. The van der Waals surface area contributed by atoms with E-state index in [2.05, 4.69) is 10.1 Å². The van der Waals surface area contributed by atoms with Gasteiger partial charge in [-0.15, -0.1) is 11.8 Å². The number of nitrogens with one attached hydrogen (secondary N) is 2. The van der Waals surface area contributed by atoms with Crippen LogP contribution in [-0.2, 0) is 24.3 Å². The average Bonchev–Trinajstić information content (AvgIpc) is 2.90. The minimum Gasteiger partial charge on any atom is -0.378 e. The number of thioether (sulfide) groups is 1. The van der Waals surface area contributed by atoms with Crippen molar-refractivity contribution in [3.05, 3.63) is 53.1 Å². The summed E-state index contributed by atoms with van der Waals surface area (Å²) in [6, 6.07) is 7.30. The van der Waals surface area contributed by atoms with E-state index < -0.39 is 51.0 Å². The van der Waals surface area contributed by atoms with Crippen molar-refractivity contribution in [1.29, 1.82) is 0 Å². The molecule has 2 saturated heterocycles. The maximum absolute atomic E-state index is 15.3. The second kappa shape index (κ2) is 14.1. The van der Waals surface area contributed by atoms with Gasteiger partial charge in [0.05, 0.1) is 21.7 Å². The average molecular weight is 654 g/mol. The number of hydrogen-bond acceptors (Lipinski definition) is 8. The Morgan fingerprint density at radius 1 is 1.21 bits per heavy atom. The Hall–Kier alpha value is -2.10. The van der Waals surface area contributed by atoms with E-state index in [1.54, 1.807) is 12.1 Å². The van der Waals surface area contributed by atoms with Crippen molar-refractivity contribution >= 4 is 45.0 Å². The molecule has 8 nitrogen and oxygen atoms in total. The Bertz CT molecular complexity index is 1320. The highest BCUT2D eigenvalue weighted by Gasteiger charge is 2.38. The summed E-state index contributed by atoms with van der Waals surface area (Å²) in [5, 5.41) is 2.83. The lowest BCUT2D eigenvalue weighted by Gasteiger charge is -2.39. The van der Waals surface area contributed by atoms with Crippen LogP contribution in [0.5, 0.6) is 0 Å². The van der Waals surface area contributed by atoms with Crippen LogP contribution in [0.25, 0.3) is 0 Å². The molecule has 232 valence electrons. The summed E-state index contributed by atoms with van der Waals surface area (Å²) in [5.74, 6) is -1.76. The number of benzene rings is 2. The highest BCUT2D eigenvalue weighted by Crippen LogP contribution is 2.32. The van der Waals surface area contributed by atoms with E-state index in [0.717, 1.165) is 23.4 Å². The fourth-order valence-electron chi connectivity index (χ4n) is 4.65. The van der Waals surface area contributed by atoms with E-state index in [1.165, 1.54) is 30.8 Å². The molecular formula is C27H32ClF4N3O5S2. The van der Waals surface area contributed by atoms with E-state index in [1.807, 2.05) is 9.62 Å². The van der Waals surface area contributed by atoms with Crippen LogP contribution < -0.4 is 10.0 Å². The number of sulfonamides is 1. The van der Waals surface area contributed by atoms with Crippen LogP contribution in [0.2, 0.25) is 5.02 Å². The number of halogens is 5. The summed E-state index contributed by atoms with van der Waals surface area (Å²) in [4.78, 5) is 14.9. The number of hydrogen-bond donors (Lipinski definition) is 2. The number of rotatable bonds is 13. The molecule has 2 aliphatic rings. The molecule has 2 aromatic rings. The smallest absolute Gasteiger partial charge is 0.345 e. The van der Waals surface area contributed by atoms with Gasteiger partial charge >= 0.3 is 6.61 Å². The van der Waals surface area contributed by atoms with E-state index in [4.69, 9.17) is 16.3 Å². The molecule has 0 aliphatic carbocycles. The van der Waals surface area contributed by atoms with E-state index in [-0.39, 0.29) is 16.5 Å². The van der Waals surface area contributed by atoms with Gasteiger partial charge in [-0.25, -0.2) is 21.9 Å². The maximum Gasteiger partial charge on any atom is 0.345 e. The third kappa shape index (κ3) is 8.73. The predicted octanol–water partition coefficient (Wildman–Crippen LogP) is 5.27. The largest absolute Gasteiger partial charge is 0.378 e. The fourth-order valence-corrected chi connectivity index (χ4v) is 7.06. The topological polar surface area (TPSA) is 97.0 Å². The minimum atomic E-state index is -4.46. The molecule has 0 aromatic heterocycles. The molecule has 2 aromatic carbocycles. The predicted molar refractivity (Wildman–Crippen MR) is 151 cm³/mol. The molecule has 0 unspecified atom stereocenters. The third-order valence-electron chi connectivity index (χ3n) is 7.13. The number of nitrogens with zero attached hydrogens (tertiary/aromatic N) is 1. The molecule has 4 rings (SSSR count). The fraction of sp³-hybridized carbons (Fsp3) is 0.519. The molecule has 1 amide bonds. The number of carbonyl (C=O) groups excluding carboxylic acids is 1. The number of ether oxygens (including phenoxy) is 2. The second-order valence-electron chi connectivity index (χ2n) is 10.4. The summed E-state index contributed by atoms with van der Waals surface area (Å²) in [6.07, 6.45) is 1.72. The van der Waals surface area contributed by atoms with E-state index in [0.29, 0.717) is 51.3 Å². The first kappa shape index (κ1) is 32.8. The third-order valence-corrected chi connectivity index (χ3v) is 9.91. The molecule has 0 spiro atoms. The van der Waals surface area contributed by atoms with Crippen LogP contribution in [0.1, 0.15) is 32.6 Å². The summed E-state index contributed by atoms with van der Waals surface area (Å²) in [6.45, 7) is 0.150. The van der Waals surface area contributed by atoms with Crippen LogP contribution in [0.3, 0.4) is 0 Å². The number of amides is 1. The monoisotopic (exact) mass is 653 g/mol. The van der Waals surface area contributed by atoms with Crippen molar-refractivity contribution in [1.82, 2.24) is 9.62 Å². The van der Waals surface area contributed by atoms with Gasteiger partial charge in [-0.05, 0) is 69.0 Å². The highest BCUT2D eigenvalue weighted by molar-refractivity contribution is 7.99. The molecule has 2 atom stereocenters. The molecule has 2 aliphatic heterocycles. The second-order valence-corrected chi connectivity index (χ2v) is 13.6. The summed E-state index contributed by atoms with van der Waals surface area (Å²) in [5.41, 5.74) is -1.44. The minimum absolute atomic E-state index is 0.128. The Morgan fingerprint density at radius 3 is 2.55 bits per heavy atom. The van der Waals surface area contributed by atoms with Gasteiger partial charge in [0, 0.05) is 42.9 Å². The number of anilines is 1. The number of carbonyl (C=O) groups is 1. The van der Waals surface area contributed by atoms with Crippen molar-refractivity contribution < 1.29 is 40.2 Å². The van der Waals surface area contributed by atoms with Crippen LogP contribution in [-0.4, -0.2) is 75.6 Å². The van der Waals surface area contributed by atoms with Crippen molar-refractivity contribution in [2.45, 2.75) is 66.8 Å². The van der Waals surface area contributed by atoms with Crippen molar-refractivity contribution in [3.8, 4) is 0 Å². The summed E-state index contributed by atoms with van der Waals surface area (Å²) >= 11 is 7.74. The van der Waals surface area contributed by atoms with Crippen molar-refractivity contribution in [2.75, 3.05) is 37.3 Å². The zero-order valence-corrected chi connectivity index (χ0v) is 25.1. The summed E-state index contributed by atoms with van der Waals surface area (Å²) < 4.78 is 91.3. The van der Waals surface area contributed by atoms with Gasteiger partial charge in [-0.1, -0.05) is 11.6 Å². The van der Waals surface area contributed by atoms with Gasteiger partial charge in [0.25, 0.3) is 15.9 Å². The van der Waals surface area contributed by atoms with Gasteiger partial charge < -0.3 is 14.8 Å². The number of likely N-dealkylation sites (tertiary alicyclic amines) is 1. The maximum atomic E-state index is 15.3. The van der Waals surface area contributed by atoms with Gasteiger partial charge in [-0.3, -0.25) is 9.69 Å². The van der Waals surface area contributed by atoms with Crippen LogP contribution in [0.4, 0.5) is 23.2 Å². The van der Waals surface area contributed by atoms with E-state index >= 15 is 4.39 Å². The van der Waals surface area contributed by atoms with E-state index in [9.17, 15) is 26.4 Å². The lowest BCUT2D eigenvalue weighted by molar-refractivity contribution is -0.195. The normalized spacial score (nSPS) is 20.7. The Labute approximate surface area is 251 Å². The van der Waals surface area contributed by atoms with Gasteiger partial charge in [0.2, 0.25) is 0 Å². The molecule has 0 radical (unpaired) electrons. The molecule has 15 heteroatoms. The van der Waals surface area contributed by atoms with Gasteiger partial charge in [-0.2, -0.15) is 8.78 Å². The lowest BCUT2D eigenvalue weighted by atomic mass is 9.95. The molecule has 42 heavy (non-hydrogen) atoms. The molecule has 2 fully saturated rings. The van der Waals surface area contributed by atoms with Gasteiger partial charge in [0.1, 0.15) is 17.2 Å². The Morgan fingerprint density at radius 2 is 1.93 bits per heavy atom. The zero-order valence-electron chi connectivity index (χ0n) is 22.8. The quantitative estimate of drug-likeness (QED) is 0.223. The van der Waals surface area contributed by atoms with Crippen molar-refractivity contribution in [3.63, 3.8) is 0 Å². The van der Waals surface area contributed by atoms with Gasteiger partial charge in [0.15, 0.2) is 0 Å². The molecule has 0 bridgehead atoms. The first-order chi connectivity index (χ1) is 19.8. The standard InChI is InChI=1S/C27H32ClF4N3O5S2/c1-27(9-2-3-11-39-27)25(36)34-42(37,38)21-12-22(28)24(23(30)13-21)33-18(16-41-20-6-4-17(29)5-7-20)8-10-35-14-19(15-35)40-26(31)32/h4-7,12-13,18-19,26,33H,2-3,8-11,14-16H2,1H3,(H,34,36)/t18-,27-/m1/s1. The highest BCUT2D eigenvalue weighted by atomic mass is 35.5. The molecule has 2 heterocycles. The summed E-state index contributed by atoms with van der Waals surface area (Å²) in [7, 11) is -4.46. The first-order valence-electron chi connectivity index (χ1n) is 13.4. The Balaban J connectivity index is 1.45. The molecular weight excluding hydrogens is 622 g/mol. The lowest BCUT2D eigenvalue weighted by Crippen LogP contribution is -2.53. The van der Waals surface area contributed by atoms with Crippen LogP contribution in [0.15, 0.2) is 46.2 Å². The first-order valence-corrected chi connectivity index (χ1v) is 16.2. The van der Waals surface area contributed by atoms with Crippen LogP contribution >= 0.6 is 23.4 Å². The van der Waals surface area contributed by atoms with Crippen molar-refractivity contribution in [2.24, 2.45) is 0 Å². The zero-order chi connectivity index (χ0) is 30.5. The van der Waals surface area contributed by atoms with Crippen LogP contribution in [0, 0.1) is 11.6 Å². The molecule has 0 saturated carbocycles. The number of alkyl halides is 2. The SMILES string of the molecule is C[C@]1(C(=O)NS(=O)(=O)c2cc(F)c(N[C@H](CCN3CC(OC(F)F)C3)CSc3ccc(F)cc3)c(Cl)c2)CCCCO1. The molecule has 2 N–H and O–H groups in total.